The molecule has 0 aromatic heterocycles. The quantitative estimate of drug-likeness (QED) is 0.386. The molecule has 0 atom stereocenters. The van der Waals surface area contributed by atoms with Crippen molar-refractivity contribution in [2.45, 2.75) is 76.0 Å². The molecule has 3 heteroatoms. The second-order valence-electron chi connectivity index (χ2n) is 5.15. The van der Waals surface area contributed by atoms with E-state index in [1.165, 1.54) is 90.7 Å². The van der Waals surface area contributed by atoms with Crippen LogP contribution in [0.4, 0.5) is 0 Å². The maximum atomic E-state index is 2.27. The Morgan fingerprint density at radius 1 is 0.762 bits per heavy atom. The SMILES string of the molecule is CCCCCCCCc1ccccc1.CCC[CH2][SbH2].N.[SbH3]. The van der Waals surface area contributed by atoms with Crippen LogP contribution in [0.25, 0.3) is 0 Å². The molecule has 3 N–H and O–H groups in total. The molecule has 1 rings (SSSR count). The average molecular weight is 513 g/mol. The number of aryl methyl sites for hydroxylation is 1. The van der Waals surface area contributed by atoms with Gasteiger partial charge in [-0.15, -0.1) is 0 Å². The molecule has 1 aromatic rings. The third-order valence-corrected chi connectivity index (χ3v) is 4.38. The summed E-state index contributed by atoms with van der Waals surface area (Å²) >= 11 is 1.45. The molecule has 126 valence electrons. The van der Waals surface area contributed by atoms with Crippen LogP contribution in [0.2, 0.25) is 4.37 Å². The van der Waals surface area contributed by atoms with E-state index < -0.39 is 0 Å². The van der Waals surface area contributed by atoms with Gasteiger partial charge in [0, 0.05) is 0 Å². The molecule has 0 heterocycles. The third kappa shape index (κ3) is 20.8. The molecule has 0 radical (unpaired) electrons. The minimum atomic E-state index is 0. The molecule has 0 amide bonds. The summed E-state index contributed by atoms with van der Waals surface area (Å²) in [5, 5.41) is 0. The Hall–Kier alpha value is 0.816. The molecule has 0 spiro atoms. The molecule has 0 unspecified atom stereocenters. The Kier molecular flexibility index (Phi) is 29.4. The van der Waals surface area contributed by atoms with Crippen molar-refractivity contribution in [1.82, 2.24) is 6.15 Å². The van der Waals surface area contributed by atoms with Gasteiger partial charge in [0.1, 0.15) is 0 Å². The van der Waals surface area contributed by atoms with E-state index in [4.69, 9.17) is 0 Å². The molecule has 0 saturated heterocycles. The zero-order chi connectivity index (χ0) is 14.2. The molecule has 0 bridgehead atoms. The van der Waals surface area contributed by atoms with Gasteiger partial charge in [-0.2, -0.15) is 0 Å². The molecule has 1 aromatic carbocycles. The summed E-state index contributed by atoms with van der Waals surface area (Å²) in [4.78, 5) is 0. The predicted molar refractivity (Wildman–Crippen MR) is 107 cm³/mol. The summed E-state index contributed by atoms with van der Waals surface area (Å²) in [5.74, 6) is 0. The van der Waals surface area contributed by atoms with Crippen molar-refractivity contribution in [2.75, 3.05) is 0 Å². The Balaban J connectivity index is -0.000000405. The zero-order valence-corrected chi connectivity index (χ0v) is 21.8. The van der Waals surface area contributed by atoms with E-state index in [0.29, 0.717) is 0 Å². The van der Waals surface area contributed by atoms with Crippen molar-refractivity contribution >= 4 is 47.4 Å². The monoisotopic (exact) mass is 511 g/mol. The van der Waals surface area contributed by atoms with Gasteiger partial charge in [-0.1, -0.05) is 69.4 Å². The van der Waals surface area contributed by atoms with Gasteiger partial charge in [-0.25, -0.2) is 0 Å². The third-order valence-electron chi connectivity index (χ3n) is 3.22. The summed E-state index contributed by atoms with van der Waals surface area (Å²) in [6.45, 7) is 4.50. The second-order valence-corrected chi connectivity index (χ2v) is 6.79. The average Bonchev–Trinajstić information content (AvgIpc) is 2.45. The summed E-state index contributed by atoms with van der Waals surface area (Å²) < 4.78 is 1.47. The predicted octanol–water partition coefficient (Wildman–Crippen LogP) is 4.41. The van der Waals surface area contributed by atoms with Crippen LogP contribution in [0.3, 0.4) is 0 Å². The Morgan fingerprint density at radius 2 is 1.29 bits per heavy atom. The van der Waals surface area contributed by atoms with E-state index >= 15 is 0 Å². The van der Waals surface area contributed by atoms with Crippen molar-refractivity contribution < 1.29 is 0 Å². The van der Waals surface area contributed by atoms with E-state index in [0.717, 1.165) is 0 Å². The van der Waals surface area contributed by atoms with Crippen LogP contribution in [0.5, 0.6) is 0 Å². The van der Waals surface area contributed by atoms with Gasteiger partial charge in [0.15, 0.2) is 0 Å². The minimum absolute atomic E-state index is 0. The van der Waals surface area contributed by atoms with Crippen molar-refractivity contribution in [2.24, 2.45) is 0 Å². The van der Waals surface area contributed by atoms with Crippen molar-refractivity contribution in [3.63, 3.8) is 0 Å². The van der Waals surface area contributed by atoms with Gasteiger partial charge in [-0.05, 0) is 18.4 Å². The van der Waals surface area contributed by atoms with Gasteiger partial charge in [0.25, 0.3) is 0 Å². The molecule has 21 heavy (non-hydrogen) atoms. The fraction of sp³-hybridized carbons (Fsp3) is 0.667. The van der Waals surface area contributed by atoms with Crippen molar-refractivity contribution in [3.05, 3.63) is 35.9 Å². The molecule has 0 aliphatic carbocycles. The van der Waals surface area contributed by atoms with Gasteiger partial charge in [-0.3, -0.25) is 0 Å². The normalized spacial score (nSPS) is 8.90. The first-order valence-electron chi connectivity index (χ1n) is 8.09. The van der Waals surface area contributed by atoms with Gasteiger partial charge < -0.3 is 6.15 Å². The van der Waals surface area contributed by atoms with Crippen molar-refractivity contribution in [3.8, 4) is 0 Å². The molecule has 1 nitrogen and oxygen atoms in total. The summed E-state index contributed by atoms with van der Waals surface area (Å²) in [7, 11) is 0. The molecule has 0 saturated carbocycles. The molecular weight excluding hydrogens is 474 g/mol. The Morgan fingerprint density at radius 3 is 1.76 bits per heavy atom. The number of hydrogen-bond donors (Lipinski definition) is 1. The van der Waals surface area contributed by atoms with Crippen LogP contribution in [0.1, 0.15) is 70.8 Å². The van der Waals surface area contributed by atoms with Crippen LogP contribution < -0.4 is 6.15 Å². The van der Waals surface area contributed by atoms with Crippen LogP contribution >= 0.6 is 0 Å². The fourth-order valence-corrected chi connectivity index (χ4v) is 3.12. The first-order chi connectivity index (χ1) is 9.35. The second kappa shape index (κ2) is 23.1. The van der Waals surface area contributed by atoms with Gasteiger partial charge in [0.2, 0.25) is 0 Å². The number of hydrogen-bond acceptors (Lipinski definition) is 1. The van der Waals surface area contributed by atoms with Gasteiger partial charge >= 0.3 is 71.6 Å². The Bertz CT molecular complexity index is 263. The van der Waals surface area contributed by atoms with E-state index in [1.54, 1.807) is 0 Å². The van der Waals surface area contributed by atoms with Crippen molar-refractivity contribution in [1.29, 1.82) is 0 Å². The number of unbranched alkanes of at least 4 members (excludes halogenated alkanes) is 6. The van der Waals surface area contributed by atoms with E-state index in [-0.39, 0.29) is 30.6 Å². The summed E-state index contributed by atoms with van der Waals surface area (Å²) in [6, 6.07) is 10.8. The standard InChI is InChI=1S/C14H22.C4H9.H3N.2Sb.5H/c1-2-3-4-5-6-8-11-14-12-9-7-10-13-14;1-3-4-2;;;;;;;;/h7,9-10,12-13H,2-6,8,11H2,1H3;1,3-4H2,2H3;1H3;;;;;;;. The van der Waals surface area contributed by atoms with E-state index in [9.17, 15) is 0 Å². The summed E-state index contributed by atoms with van der Waals surface area (Å²) in [6.07, 6.45) is 12.4. The molecule has 0 aliphatic rings. The molecular formula is C18H39NSb2. The Labute approximate surface area is 164 Å². The first-order valence-corrected chi connectivity index (χ1v) is 10.4. The van der Waals surface area contributed by atoms with Crippen LogP contribution in [-0.4, -0.2) is 47.4 Å². The fourth-order valence-electron chi connectivity index (χ4n) is 1.96. The topological polar surface area (TPSA) is 35.0 Å². The van der Waals surface area contributed by atoms with Gasteiger partial charge in [0.05, 0.1) is 0 Å². The first kappa shape index (κ1) is 26.7. The van der Waals surface area contributed by atoms with Crippen LogP contribution in [0, 0.1) is 0 Å². The van der Waals surface area contributed by atoms with E-state index in [1.807, 2.05) is 0 Å². The number of benzene rings is 1. The zero-order valence-electron chi connectivity index (χ0n) is 14.4. The van der Waals surface area contributed by atoms with Crippen LogP contribution in [-0.2, 0) is 6.42 Å². The summed E-state index contributed by atoms with van der Waals surface area (Å²) in [5.41, 5.74) is 1.49. The maximum absolute atomic E-state index is 2.27. The van der Waals surface area contributed by atoms with Crippen LogP contribution in [0.15, 0.2) is 30.3 Å². The molecule has 0 fully saturated rings. The van der Waals surface area contributed by atoms with E-state index in [2.05, 4.69) is 44.2 Å². The number of rotatable bonds is 9. The molecule has 0 aliphatic heterocycles.